The zero-order chi connectivity index (χ0) is 19.8. The lowest BCUT2D eigenvalue weighted by atomic mass is 9.68. The summed E-state index contributed by atoms with van der Waals surface area (Å²) in [6.07, 6.45) is 16.9. The fourth-order valence-electron chi connectivity index (χ4n) is 5.55. The van der Waals surface area contributed by atoms with Gasteiger partial charge in [0.15, 0.2) is 0 Å². The number of hydrogen-bond acceptors (Lipinski definition) is 1. The summed E-state index contributed by atoms with van der Waals surface area (Å²) in [7, 11) is 0. The Bertz CT molecular complexity index is 594. The summed E-state index contributed by atoms with van der Waals surface area (Å²) in [5.41, 5.74) is 1.84. The maximum Gasteiger partial charge on any atom is 0.129 e. The molecule has 0 unspecified atom stereocenters. The van der Waals surface area contributed by atoms with E-state index in [4.69, 9.17) is 4.74 Å². The van der Waals surface area contributed by atoms with Gasteiger partial charge in [0.05, 0.1) is 13.2 Å². The molecular formula is C26H39FO. The van der Waals surface area contributed by atoms with E-state index in [1.54, 1.807) is 12.1 Å². The van der Waals surface area contributed by atoms with E-state index in [0.29, 0.717) is 24.7 Å². The zero-order valence-corrected chi connectivity index (χ0v) is 17.8. The van der Waals surface area contributed by atoms with E-state index in [1.807, 2.05) is 6.07 Å². The molecule has 2 saturated carbocycles. The van der Waals surface area contributed by atoms with Crippen molar-refractivity contribution in [2.24, 2.45) is 17.8 Å². The van der Waals surface area contributed by atoms with Crippen molar-refractivity contribution >= 4 is 0 Å². The Kier molecular flexibility index (Phi) is 8.58. The molecular weight excluding hydrogens is 347 g/mol. The van der Waals surface area contributed by atoms with Gasteiger partial charge in [-0.2, -0.15) is 0 Å². The molecule has 0 amide bonds. The Hall–Kier alpha value is -1.15. The lowest BCUT2D eigenvalue weighted by Gasteiger charge is -2.38. The van der Waals surface area contributed by atoms with Crippen LogP contribution in [0, 0.1) is 23.6 Å². The molecule has 0 N–H and O–H groups in total. The van der Waals surface area contributed by atoms with Gasteiger partial charge in [0.25, 0.3) is 0 Å². The molecule has 28 heavy (non-hydrogen) atoms. The SMILES string of the molecule is C=CCOCc1ccc([C@H]2CC[C@H]([C@H]3CC[C@H](CCCC)CC3)CC2)cc1F. The van der Waals surface area contributed by atoms with E-state index in [-0.39, 0.29) is 5.82 Å². The molecule has 156 valence electrons. The van der Waals surface area contributed by atoms with Crippen molar-refractivity contribution in [3.05, 3.63) is 47.8 Å². The number of unbranched alkanes of at least 4 members (excludes halogenated alkanes) is 1. The Labute approximate surface area is 171 Å². The maximum absolute atomic E-state index is 14.4. The summed E-state index contributed by atoms with van der Waals surface area (Å²) in [5, 5.41) is 0. The van der Waals surface area contributed by atoms with Crippen LogP contribution >= 0.6 is 0 Å². The molecule has 2 fully saturated rings. The molecule has 0 spiro atoms. The van der Waals surface area contributed by atoms with Gasteiger partial charge in [0, 0.05) is 5.56 Å². The highest BCUT2D eigenvalue weighted by molar-refractivity contribution is 5.27. The molecule has 0 bridgehead atoms. The molecule has 2 heteroatoms. The van der Waals surface area contributed by atoms with Gasteiger partial charge in [-0.3, -0.25) is 0 Å². The largest absolute Gasteiger partial charge is 0.373 e. The summed E-state index contributed by atoms with van der Waals surface area (Å²) in [4.78, 5) is 0. The van der Waals surface area contributed by atoms with E-state index in [1.165, 1.54) is 76.2 Å². The van der Waals surface area contributed by atoms with Crippen LogP contribution < -0.4 is 0 Å². The molecule has 1 nitrogen and oxygen atoms in total. The van der Waals surface area contributed by atoms with Crippen LogP contribution in [0.15, 0.2) is 30.9 Å². The number of rotatable bonds is 9. The number of ether oxygens (including phenoxy) is 1. The average Bonchev–Trinajstić information content (AvgIpc) is 2.74. The Morgan fingerprint density at radius 3 is 2.32 bits per heavy atom. The van der Waals surface area contributed by atoms with Gasteiger partial charge in [-0.15, -0.1) is 6.58 Å². The Morgan fingerprint density at radius 1 is 1.04 bits per heavy atom. The molecule has 0 radical (unpaired) electrons. The number of halogens is 1. The minimum absolute atomic E-state index is 0.117. The van der Waals surface area contributed by atoms with Crippen molar-refractivity contribution in [1.82, 2.24) is 0 Å². The van der Waals surface area contributed by atoms with E-state index >= 15 is 0 Å². The molecule has 3 rings (SSSR count). The van der Waals surface area contributed by atoms with Crippen molar-refractivity contribution in [1.29, 1.82) is 0 Å². The van der Waals surface area contributed by atoms with Gasteiger partial charge in [-0.05, 0) is 73.8 Å². The van der Waals surface area contributed by atoms with Crippen LogP contribution in [0.25, 0.3) is 0 Å². The van der Waals surface area contributed by atoms with E-state index in [0.717, 1.165) is 17.8 Å². The minimum Gasteiger partial charge on any atom is -0.373 e. The molecule has 2 aliphatic rings. The van der Waals surface area contributed by atoms with Crippen molar-refractivity contribution in [2.45, 2.75) is 90.1 Å². The van der Waals surface area contributed by atoms with Crippen LogP contribution in [-0.2, 0) is 11.3 Å². The van der Waals surface area contributed by atoms with Crippen LogP contribution in [0.1, 0.15) is 94.6 Å². The highest BCUT2D eigenvalue weighted by Gasteiger charge is 2.31. The van der Waals surface area contributed by atoms with Crippen LogP contribution in [-0.4, -0.2) is 6.61 Å². The van der Waals surface area contributed by atoms with Crippen LogP contribution in [0.2, 0.25) is 0 Å². The molecule has 0 aliphatic heterocycles. The number of hydrogen-bond donors (Lipinski definition) is 0. The average molecular weight is 387 g/mol. The van der Waals surface area contributed by atoms with Gasteiger partial charge < -0.3 is 4.74 Å². The fraction of sp³-hybridized carbons (Fsp3) is 0.692. The summed E-state index contributed by atoms with van der Waals surface area (Å²) in [5.74, 6) is 3.30. The summed E-state index contributed by atoms with van der Waals surface area (Å²) < 4.78 is 19.8. The highest BCUT2D eigenvalue weighted by Crippen LogP contribution is 2.44. The lowest BCUT2D eigenvalue weighted by molar-refractivity contribution is 0.146. The topological polar surface area (TPSA) is 9.23 Å². The van der Waals surface area contributed by atoms with E-state index in [2.05, 4.69) is 19.6 Å². The second kappa shape index (κ2) is 11.1. The predicted molar refractivity (Wildman–Crippen MR) is 116 cm³/mol. The monoisotopic (exact) mass is 386 g/mol. The third-order valence-electron chi connectivity index (χ3n) is 7.34. The van der Waals surface area contributed by atoms with Crippen molar-refractivity contribution in [3.63, 3.8) is 0 Å². The first-order valence-corrected chi connectivity index (χ1v) is 11.7. The van der Waals surface area contributed by atoms with E-state index in [9.17, 15) is 4.39 Å². The maximum atomic E-state index is 14.4. The molecule has 0 saturated heterocycles. The molecule has 1 aromatic rings. The second-order valence-corrected chi connectivity index (χ2v) is 9.19. The predicted octanol–water partition coefficient (Wildman–Crippen LogP) is 7.80. The quantitative estimate of drug-likeness (QED) is 0.311. The van der Waals surface area contributed by atoms with Crippen LogP contribution in [0.4, 0.5) is 4.39 Å². The molecule has 2 aliphatic carbocycles. The fourth-order valence-corrected chi connectivity index (χ4v) is 5.55. The van der Waals surface area contributed by atoms with Crippen LogP contribution in [0.5, 0.6) is 0 Å². The minimum atomic E-state index is -0.117. The smallest absolute Gasteiger partial charge is 0.129 e. The zero-order valence-electron chi connectivity index (χ0n) is 17.8. The van der Waals surface area contributed by atoms with Gasteiger partial charge in [0.1, 0.15) is 5.82 Å². The lowest BCUT2D eigenvalue weighted by Crippen LogP contribution is -2.25. The molecule has 0 heterocycles. The summed E-state index contributed by atoms with van der Waals surface area (Å²) in [6, 6.07) is 5.80. The van der Waals surface area contributed by atoms with Crippen molar-refractivity contribution in [3.8, 4) is 0 Å². The summed E-state index contributed by atoms with van der Waals surface area (Å²) in [6.45, 7) is 6.72. The Morgan fingerprint density at radius 2 is 1.71 bits per heavy atom. The highest BCUT2D eigenvalue weighted by atomic mass is 19.1. The van der Waals surface area contributed by atoms with Gasteiger partial charge in [-0.1, -0.05) is 57.2 Å². The van der Waals surface area contributed by atoms with Gasteiger partial charge >= 0.3 is 0 Å². The normalized spacial score (nSPS) is 28.2. The van der Waals surface area contributed by atoms with Gasteiger partial charge in [0.2, 0.25) is 0 Å². The molecule has 1 aromatic carbocycles. The number of benzene rings is 1. The van der Waals surface area contributed by atoms with Crippen molar-refractivity contribution in [2.75, 3.05) is 6.61 Å². The Balaban J connectivity index is 1.45. The first-order valence-electron chi connectivity index (χ1n) is 11.7. The second-order valence-electron chi connectivity index (χ2n) is 9.19. The first kappa shape index (κ1) is 21.6. The van der Waals surface area contributed by atoms with E-state index < -0.39 is 0 Å². The first-order chi connectivity index (χ1) is 13.7. The molecule has 0 aromatic heterocycles. The standard InChI is InChI=1S/C26H39FO/c1-3-5-6-20-7-9-21(10-8-20)22-11-13-23(14-12-22)24-15-16-25(26(27)18-24)19-28-17-4-2/h4,15-16,18,20-23H,2-3,5-14,17,19H2,1H3/t20-,21-,22-,23-. The third-order valence-corrected chi connectivity index (χ3v) is 7.34. The summed E-state index contributed by atoms with van der Waals surface area (Å²) >= 11 is 0. The van der Waals surface area contributed by atoms with Crippen LogP contribution in [0.3, 0.4) is 0 Å². The van der Waals surface area contributed by atoms with Gasteiger partial charge in [-0.25, -0.2) is 4.39 Å². The van der Waals surface area contributed by atoms with Crippen molar-refractivity contribution < 1.29 is 9.13 Å². The molecule has 0 atom stereocenters. The third kappa shape index (κ3) is 5.92.